The molecule has 1 heteroatoms. The Labute approximate surface area is 253 Å². The fraction of sp³-hybridized carbons (Fsp3) is 0.744. The van der Waals surface area contributed by atoms with Crippen molar-refractivity contribution in [2.75, 3.05) is 0 Å². The van der Waals surface area contributed by atoms with Crippen molar-refractivity contribution in [3.05, 3.63) is 61.3 Å². The zero-order chi connectivity index (χ0) is 32.1. The summed E-state index contributed by atoms with van der Waals surface area (Å²) in [6.07, 6.45) is 16.5. The van der Waals surface area contributed by atoms with Crippen molar-refractivity contribution in [2.45, 2.75) is 147 Å². The van der Waals surface area contributed by atoms with Crippen molar-refractivity contribution in [1.29, 1.82) is 0 Å². The summed E-state index contributed by atoms with van der Waals surface area (Å²) < 4.78 is 0. The molecule has 4 aliphatic carbocycles. The first kappa shape index (κ1) is 40.8. The molecule has 4 rings (SSSR count). The molecule has 0 aromatic rings. The zero-order valence-corrected chi connectivity index (χ0v) is 29.8. The van der Waals surface area contributed by atoms with Crippen LogP contribution in [0.2, 0.25) is 0 Å². The molecule has 6 unspecified atom stereocenters. The van der Waals surface area contributed by atoms with Gasteiger partial charge in [0.25, 0.3) is 0 Å². The van der Waals surface area contributed by atoms with Crippen LogP contribution >= 0.6 is 0 Å². The quantitative estimate of drug-likeness (QED) is 0.335. The SMILES string of the molecule is C=C.C=C1C=CC2(C)C(=C1)CCC1C2CCC2(C)C1CCC2(C)C(=C)CC.CC.CC.CC(C)(C)O.CC(C)C. The first-order valence-electron chi connectivity index (χ1n) is 16.5. The van der Waals surface area contributed by atoms with Crippen molar-refractivity contribution in [3.63, 3.8) is 0 Å². The van der Waals surface area contributed by atoms with Crippen LogP contribution in [0.5, 0.6) is 0 Å². The highest BCUT2D eigenvalue weighted by atomic mass is 16.3. The number of hydrogen-bond donors (Lipinski definition) is 1. The standard InChI is InChI=1S/C25H36.C4H10O.C4H10.2C2H6.C2H4/c1-7-18(3)24(5)14-12-22-20-9-8-19-16-17(2)10-13-23(19,4)21(20)11-15-25(22,24)6;1-4(2,3)5;1-4(2)3;3*1-2/h10,13,16,20-22H,2-3,7-9,11-12,14-15H2,1,4-6H3;5H,1-3H3;4H,1-3H3;2*1-2H3;1-2H2. The molecule has 234 valence electrons. The van der Waals surface area contributed by atoms with Gasteiger partial charge in [-0.1, -0.05) is 119 Å². The average molecular weight is 557 g/mol. The minimum atomic E-state index is -0.500. The van der Waals surface area contributed by atoms with Crippen LogP contribution in [0.3, 0.4) is 0 Å². The second-order valence-corrected chi connectivity index (χ2v) is 14.0. The number of hydrogen-bond acceptors (Lipinski definition) is 1. The lowest BCUT2D eigenvalue weighted by molar-refractivity contribution is -0.0516. The molecule has 0 aromatic carbocycles. The maximum atomic E-state index is 8.52. The number of allylic oxidation sites excluding steroid dienone is 6. The van der Waals surface area contributed by atoms with Crippen LogP contribution in [-0.4, -0.2) is 10.7 Å². The fourth-order valence-electron chi connectivity index (χ4n) is 7.51. The van der Waals surface area contributed by atoms with Gasteiger partial charge in [-0.05, 0) is 106 Å². The maximum absolute atomic E-state index is 8.52. The Kier molecular flexibility index (Phi) is 17.9. The molecular formula is C39H72O. The van der Waals surface area contributed by atoms with E-state index in [1.165, 1.54) is 49.7 Å². The highest BCUT2D eigenvalue weighted by Gasteiger charge is 2.62. The normalized spacial score (nSPS) is 33.0. The van der Waals surface area contributed by atoms with Crippen molar-refractivity contribution < 1.29 is 5.11 Å². The zero-order valence-electron chi connectivity index (χ0n) is 29.8. The van der Waals surface area contributed by atoms with Gasteiger partial charge in [0.2, 0.25) is 0 Å². The van der Waals surface area contributed by atoms with Crippen LogP contribution in [-0.2, 0) is 0 Å². The Hall–Kier alpha value is -1.34. The lowest BCUT2D eigenvalue weighted by Crippen LogP contribution is -2.51. The van der Waals surface area contributed by atoms with Gasteiger partial charge in [0.15, 0.2) is 0 Å². The average Bonchev–Trinajstić information content (AvgIpc) is 3.18. The predicted octanol–water partition coefficient (Wildman–Crippen LogP) is 12.5. The van der Waals surface area contributed by atoms with Gasteiger partial charge in [-0.25, -0.2) is 0 Å². The second kappa shape index (κ2) is 17.6. The Bertz CT molecular complexity index is 811. The molecule has 3 fully saturated rings. The summed E-state index contributed by atoms with van der Waals surface area (Å²) in [5.74, 6) is 3.44. The lowest BCUT2D eigenvalue weighted by Gasteiger charge is -2.59. The Morgan fingerprint density at radius 2 is 1.40 bits per heavy atom. The molecular weight excluding hydrogens is 484 g/mol. The Morgan fingerprint density at radius 1 is 0.950 bits per heavy atom. The summed E-state index contributed by atoms with van der Waals surface area (Å²) in [6.45, 7) is 44.4. The smallest absolute Gasteiger partial charge is 0.0563 e. The van der Waals surface area contributed by atoms with Gasteiger partial charge >= 0.3 is 0 Å². The number of aliphatic hydroxyl groups is 1. The van der Waals surface area contributed by atoms with Gasteiger partial charge in [0.1, 0.15) is 0 Å². The van der Waals surface area contributed by atoms with Crippen molar-refractivity contribution in [2.24, 2.45) is 39.9 Å². The van der Waals surface area contributed by atoms with Gasteiger partial charge in [0.05, 0.1) is 5.60 Å². The molecule has 0 spiro atoms. The van der Waals surface area contributed by atoms with Crippen LogP contribution in [0, 0.1) is 39.9 Å². The van der Waals surface area contributed by atoms with Gasteiger partial charge in [0, 0.05) is 5.41 Å². The van der Waals surface area contributed by atoms with Crippen molar-refractivity contribution in [3.8, 4) is 0 Å². The molecule has 6 atom stereocenters. The molecule has 1 N–H and O–H groups in total. The lowest BCUT2D eigenvalue weighted by atomic mass is 9.45. The molecule has 3 saturated carbocycles. The summed E-state index contributed by atoms with van der Waals surface area (Å²) in [6, 6.07) is 0. The highest BCUT2D eigenvalue weighted by molar-refractivity contribution is 5.43. The van der Waals surface area contributed by atoms with Crippen molar-refractivity contribution in [1.82, 2.24) is 0 Å². The van der Waals surface area contributed by atoms with Crippen LogP contribution in [0.15, 0.2) is 61.3 Å². The summed E-state index contributed by atoms with van der Waals surface area (Å²) >= 11 is 0. The van der Waals surface area contributed by atoms with E-state index in [0.29, 0.717) is 10.8 Å². The van der Waals surface area contributed by atoms with Crippen LogP contribution in [0.25, 0.3) is 0 Å². The van der Waals surface area contributed by atoms with E-state index in [1.807, 2.05) is 27.7 Å². The summed E-state index contributed by atoms with van der Waals surface area (Å²) in [4.78, 5) is 0. The summed E-state index contributed by atoms with van der Waals surface area (Å²) in [7, 11) is 0. The molecule has 0 aliphatic heterocycles. The van der Waals surface area contributed by atoms with Crippen molar-refractivity contribution >= 4 is 0 Å². The molecule has 0 bridgehead atoms. The second-order valence-electron chi connectivity index (χ2n) is 14.0. The van der Waals surface area contributed by atoms with Gasteiger partial charge < -0.3 is 5.11 Å². The molecule has 4 aliphatic rings. The maximum Gasteiger partial charge on any atom is 0.0563 e. The first-order valence-corrected chi connectivity index (χ1v) is 16.5. The Balaban J connectivity index is 0. The number of rotatable bonds is 2. The molecule has 0 radical (unpaired) electrons. The third-order valence-corrected chi connectivity index (χ3v) is 9.46. The van der Waals surface area contributed by atoms with E-state index in [1.54, 1.807) is 26.3 Å². The van der Waals surface area contributed by atoms with E-state index in [4.69, 9.17) is 5.11 Å². The largest absolute Gasteiger partial charge is 0.391 e. The van der Waals surface area contributed by atoms with Crippen LogP contribution in [0.4, 0.5) is 0 Å². The highest BCUT2D eigenvalue weighted by Crippen LogP contribution is 2.71. The third kappa shape index (κ3) is 9.89. The van der Waals surface area contributed by atoms with E-state index >= 15 is 0 Å². The van der Waals surface area contributed by atoms with E-state index in [2.05, 4.69) is 93.0 Å². The topological polar surface area (TPSA) is 20.2 Å². The monoisotopic (exact) mass is 557 g/mol. The Morgan fingerprint density at radius 3 is 1.85 bits per heavy atom. The molecule has 40 heavy (non-hydrogen) atoms. The minimum absolute atomic E-state index is 0.284. The molecule has 0 heterocycles. The minimum Gasteiger partial charge on any atom is -0.391 e. The predicted molar refractivity (Wildman–Crippen MR) is 185 cm³/mol. The molecule has 1 nitrogen and oxygen atoms in total. The van der Waals surface area contributed by atoms with Gasteiger partial charge in [-0.15, -0.1) is 13.2 Å². The number of fused-ring (bicyclic) bond motifs is 5. The van der Waals surface area contributed by atoms with Crippen LogP contribution in [0.1, 0.15) is 142 Å². The molecule has 0 saturated heterocycles. The van der Waals surface area contributed by atoms with E-state index in [9.17, 15) is 0 Å². The van der Waals surface area contributed by atoms with Gasteiger partial charge in [-0.3, -0.25) is 0 Å². The first-order chi connectivity index (χ1) is 18.5. The molecule has 0 amide bonds. The van der Waals surface area contributed by atoms with E-state index < -0.39 is 5.60 Å². The van der Waals surface area contributed by atoms with E-state index in [-0.39, 0.29) is 5.41 Å². The third-order valence-electron chi connectivity index (χ3n) is 9.46. The van der Waals surface area contributed by atoms with Crippen LogP contribution < -0.4 is 0 Å². The molecule has 0 aromatic heterocycles. The summed E-state index contributed by atoms with van der Waals surface area (Å²) in [5, 5.41) is 8.52. The summed E-state index contributed by atoms with van der Waals surface area (Å²) in [5.41, 5.74) is 4.95. The van der Waals surface area contributed by atoms with E-state index in [0.717, 1.165) is 30.1 Å². The van der Waals surface area contributed by atoms with Gasteiger partial charge in [-0.2, -0.15) is 0 Å². The fourth-order valence-corrected chi connectivity index (χ4v) is 7.51.